The molecular formula is C32H30F9N3O6S. The van der Waals surface area contributed by atoms with Gasteiger partial charge in [-0.25, -0.2) is 4.79 Å². The molecule has 2 aliphatic rings. The van der Waals surface area contributed by atoms with Crippen LogP contribution in [0.3, 0.4) is 0 Å². The number of hydrogen-bond acceptors (Lipinski definition) is 7. The van der Waals surface area contributed by atoms with Gasteiger partial charge in [-0.05, 0) is 63.4 Å². The Balaban J connectivity index is 1.58. The second kappa shape index (κ2) is 13.0. The van der Waals surface area contributed by atoms with E-state index in [1.807, 2.05) is 0 Å². The monoisotopic (exact) mass is 755 g/mol. The fraction of sp³-hybridized carbons (Fsp3) is 0.438. The number of allylic oxidation sites excluding steroid dienone is 1. The molecule has 1 amide bonds. The number of carbonyl (C=O) groups is 2. The van der Waals surface area contributed by atoms with E-state index in [0.717, 1.165) is 11.1 Å². The van der Waals surface area contributed by atoms with Crippen LogP contribution in [0.1, 0.15) is 60.7 Å². The zero-order valence-electron chi connectivity index (χ0n) is 27.0. The van der Waals surface area contributed by atoms with Gasteiger partial charge in [-0.3, -0.25) is 9.36 Å². The summed E-state index contributed by atoms with van der Waals surface area (Å²) in [6.07, 6.45) is -9.37. The molecule has 3 aromatic rings. The highest BCUT2D eigenvalue weighted by Crippen LogP contribution is 2.38. The number of aromatic nitrogens is 1. The smallest absolute Gasteiger partial charge is 0.443 e. The zero-order valence-corrected chi connectivity index (χ0v) is 27.8. The predicted octanol–water partition coefficient (Wildman–Crippen LogP) is 7.70. The number of rotatable bonds is 5. The molecule has 19 heteroatoms. The van der Waals surface area contributed by atoms with Gasteiger partial charge in [0.25, 0.3) is 5.91 Å². The van der Waals surface area contributed by atoms with E-state index < -0.39 is 80.1 Å². The quantitative estimate of drug-likeness (QED) is 0.150. The van der Waals surface area contributed by atoms with Gasteiger partial charge < -0.3 is 18.7 Å². The van der Waals surface area contributed by atoms with Gasteiger partial charge in [-0.15, -0.1) is 0 Å². The number of halogens is 9. The van der Waals surface area contributed by atoms with Gasteiger partial charge in [0.15, 0.2) is 0 Å². The van der Waals surface area contributed by atoms with Gasteiger partial charge in [0.1, 0.15) is 11.4 Å². The average molecular weight is 756 g/mol. The van der Waals surface area contributed by atoms with E-state index in [0.29, 0.717) is 28.6 Å². The maximum atomic E-state index is 14.0. The maximum Gasteiger partial charge on any atom is 0.534 e. The highest BCUT2D eigenvalue weighted by atomic mass is 32.2. The van der Waals surface area contributed by atoms with Crippen molar-refractivity contribution in [1.82, 2.24) is 14.4 Å². The van der Waals surface area contributed by atoms with E-state index in [1.165, 1.54) is 15.7 Å². The number of carbonyl (C=O) groups excluding carboxylic acids is 2. The molecule has 0 N–H and O–H groups in total. The fourth-order valence-electron chi connectivity index (χ4n) is 5.99. The third-order valence-corrected chi connectivity index (χ3v) is 9.21. The van der Waals surface area contributed by atoms with Crippen LogP contribution >= 0.6 is 0 Å². The Morgan fingerprint density at radius 2 is 1.49 bits per heavy atom. The number of hydrogen-bond donors (Lipinski definition) is 0. The third-order valence-electron chi connectivity index (χ3n) is 8.21. The number of ether oxygens (including phenoxy) is 1. The van der Waals surface area contributed by atoms with Crippen molar-refractivity contribution in [2.75, 3.05) is 13.1 Å². The number of fused-ring (bicyclic) bond motifs is 2. The van der Waals surface area contributed by atoms with Crippen molar-refractivity contribution >= 4 is 33.0 Å². The second-order valence-corrected chi connectivity index (χ2v) is 14.6. The van der Waals surface area contributed by atoms with Crippen LogP contribution in [0.15, 0.2) is 60.6 Å². The number of nitrogens with zero attached hydrogens (tertiary/aromatic N) is 3. The molecule has 5 rings (SSSR count). The summed E-state index contributed by atoms with van der Waals surface area (Å²) in [4.78, 5) is 29.6. The summed E-state index contributed by atoms with van der Waals surface area (Å²) in [5.41, 5.74) is -10.1. The van der Waals surface area contributed by atoms with Crippen LogP contribution in [-0.4, -0.2) is 71.1 Å². The van der Waals surface area contributed by atoms with Crippen molar-refractivity contribution in [2.24, 2.45) is 0 Å². The lowest BCUT2D eigenvalue weighted by Crippen LogP contribution is -2.59. The summed E-state index contributed by atoms with van der Waals surface area (Å²) >= 11 is 0. The van der Waals surface area contributed by atoms with Crippen LogP contribution in [0.4, 0.5) is 44.3 Å². The molecule has 0 radical (unpaired) electrons. The highest BCUT2D eigenvalue weighted by Gasteiger charge is 2.49. The number of amides is 1. The standard InChI is InChI=1S/C32H30F9N3O6S/c1-29(2,3)49-28(46)44-14-19(25-6-4-5-7-26(25)44)12-23-15-42-17-24(50-51(47,48)32(39,40)41)9-8-22(42)16-43(23)27(45)18-10-20(30(33,34)35)13-21(11-18)31(36,37)38/h4-7,10-11,13-14,17,22-23H,8-9,12,15-16H2,1-3H3/t22-,23-/m1/s1. The minimum absolute atomic E-state index is 0.0793. The molecule has 1 fully saturated rings. The van der Waals surface area contributed by atoms with Crippen molar-refractivity contribution in [3.63, 3.8) is 0 Å². The van der Waals surface area contributed by atoms with Crippen molar-refractivity contribution in [1.29, 1.82) is 0 Å². The summed E-state index contributed by atoms with van der Waals surface area (Å²) < 4.78 is 156. The van der Waals surface area contributed by atoms with Crippen molar-refractivity contribution < 1.29 is 66.4 Å². The molecular weight excluding hydrogens is 725 g/mol. The molecule has 51 heavy (non-hydrogen) atoms. The average Bonchev–Trinajstić information content (AvgIpc) is 3.36. The number of benzene rings is 2. The number of para-hydroxylation sites is 1. The lowest BCUT2D eigenvalue weighted by atomic mass is 9.94. The summed E-state index contributed by atoms with van der Waals surface area (Å²) in [5, 5.41) is 0.491. The summed E-state index contributed by atoms with van der Waals surface area (Å²) in [6.45, 7) is 4.35. The minimum atomic E-state index is -6.02. The Morgan fingerprint density at radius 3 is 2.06 bits per heavy atom. The Morgan fingerprint density at radius 1 is 0.882 bits per heavy atom. The first-order chi connectivity index (χ1) is 23.3. The molecule has 0 unspecified atom stereocenters. The van der Waals surface area contributed by atoms with Crippen molar-refractivity contribution in [2.45, 2.75) is 75.6 Å². The first kappa shape index (κ1) is 37.8. The normalized spacial score (nSPS) is 19.1. The van der Waals surface area contributed by atoms with Crippen LogP contribution in [0.2, 0.25) is 0 Å². The predicted molar refractivity (Wildman–Crippen MR) is 162 cm³/mol. The molecule has 0 saturated carbocycles. The van der Waals surface area contributed by atoms with Gasteiger partial charge in [0.2, 0.25) is 0 Å². The summed E-state index contributed by atoms with van der Waals surface area (Å²) in [6, 6.07) is 5.21. The molecule has 1 aromatic heterocycles. The molecule has 278 valence electrons. The largest absolute Gasteiger partial charge is 0.534 e. The van der Waals surface area contributed by atoms with E-state index in [2.05, 4.69) is 4.18 Å². The van der Waals surface area contributed by atoms with Gasteiger partial charge in [0.05, 0.1) is 22.7 Å². The van der Waals surface area contributed by atoms with Gasteiger partial charge in [0, 0.05) is 48.9 Å². The van der Waals surface area contributed by atoms with Crippen molar-refractivity contribution in [3.05, 3.63) is 82.9 Å². The molecule has 2 aliphatic heterocycles. The molecule has 1 saturated heterocycles. The highest BCUT2D eigenvalue weighted by molar-refractivity contribution is 7.87. The zero-order chi connectivity index (χ0) is 37.9. The number of alkyl halides is 9. The molecule has 2 aromatic carbocycles. The summed E-state index contributed by atoms with van der Waals surface area (Å²) in [5.74, 6) is -1.74. The molecule has 3 heterocycles. The second-order valence-electron chi connectivity index (χ2n) is 13.1. The van der Waals surface area contributed by atoms with Gasteiger partial charge in [-0.2, -0.15) is 47.9 Å². The van der Waals surface area contributed by atoms with Crippen LogP contribution < -0.4 is 0 Å². The lowest BCUT2D eigenvalue weighted by molar-refractivity contribution is -0.143. The third kappa shape index (κ3) is 8.23. The van der Waals surface area contributed by atoms with E-state index in [-0.39, 0.29) is 38.4 Å². The maximum absolute atomic E-state index is 14.0. The SMILES string of the molecule is CC(C)(C)OC(=O)n1cc(C[C@@H]2CN3C=C(OS(=O)(=O)C(F)(F)F)CC[C@@H]3CN2C(=O)c2cc(C(F)(F)F)cc(C(F)(F)F)c2)c2ccccc21. The number of piperazine rings is 1. The fourth-order valence-corrected chi connectivity index (χ4v) is 6.50. The Kier molecular flexibility index (Phi) is 9.62. The minimum Gasteiger partial charge on any atom is -0.443 e. The van der Waals surface area contributed by atoms with Gasteiger partial charge >= 0.3 is 34.1 Å². The van der Waals surface area contributed by atoms with E-state index in [9.17, 15) is 57.5 Å². The lowest BCUT2D eigenvalue weighted by Gasteiger charge is -2.48. The molecule has 0 spiro atoms. The van der Waals surface area contributed by atoms with Crippen LogP contribution in [-0.2, 0) is 37.8 Å². The van der Waals surface area contributed by atoms with E-state index in [1.54, 1.807) is 45.0 Å². The Hall–Kier alpha value is -4.42. The van der Waals surface area contributed by atoms with Crippen LogP contribution in [0.5, 0.6) is 0 Å². The van der Waals surface area contributed by atoms with Gasteiger partial charge in [-0.1, -0.05) is 18.2 Å². The first-order valence-electron chi connectivity index (χ1n) is 15.2. The Labute approximate surface area is 285 Å². The first-order valence-corrected chi connectivity index (χ1v) is 16.6. The van der Waals surface area contributed by atoms with Crippen molar-refractivity contribution in [3.8, 4) is 0 Å². The van der Waals surface area contributed by atoms with E-state index >= 15 is 0 Å². The van der Waals surface area contributed by atoms with Crippen LogP contribution in [0.25, 0.3) is 10.9 Å². The summed E-state index contributed by atoms with van der Waals surface area (Å²) in [7, 11) is -6.02. The molecule has 0 bridgehead atoms. The Bertz CT molecular complexity index is 1950. The molecule has 0 aliphatic carbocycles. The van der Waals surface area contributed by atoms with Crippen LogP contribution in [0, 0.1) is 0 Å². The van der Waals surface area contributed by atoms with E-state index in [4.69, 9.17) is 4.74 Å². The topological polar surface area (TPSA) is 98.2 Å². The molecule has 2 atom stereocenters. The molecule has 9 nitrogen and oxygen atoms in total.